The maximum atomic E-state index is 10.9. The average Bonchev–Trinajstić information content (AvgIpc) is 2.46. The van der Waals surface area contributed by atoms with Gasteiger partial charge in [-0.3, -0.25) is 4.68 Å². The second-order valence-electron chi connectivity index (χ2n) is 2.54. The minimum Gasteiger partial charge on any atom is -0.456 e. The number of aryl methyl sites for hydroxylation is 1. The molecule has 0 saturated carbocycles. The highest BCUT2D eigenvalue weighted by Gasteiger charge is 2.01. The molecule has 1 rings (SSSR count). The molecular weight excluding hydrogens is 182 g/mol. The summed E-state index contributed by atoms with van der Waals surface area (Å²) >= 11 is 0. The fourth-order valence-corrected chi connectivity index (χ4v) is 0.829. The predicted molar refractivity (Wildman–Crippen MR) is 51.1 cm³/mol. The molecule has 0 atom stereocenters. The number of carbonyl (C=O) groups is 1. The van der Waals surface area contributed by atoms with Gasteiger partial charge < -0.3 is 10.5 Å². The Balaban J connectivity index is 2.77. The fourth-order valence-electron chi connectivity index (χ4n) is 0.829. The van der Waals surface area contributed by atoms with Gasteiger partial charge in [0.25, 0.3) is 0 Å². The summed E-state index contributed by atoms with van der Waals surface area (Å²) in [4.78, 5) is 10.9. The molecule has 0 bridgehead atoms. The number of nitrogens with two attached hydrogens (primary N) is 1. The van der Waals surface area contributed by atoms with Gasteiger partial charge in [-0.25, -0.2) is 4.79 Å². The third kappa shape index (κ3) is 2.26. The largest absolute Gasteiger partial charge is 0.456 e. The highest BCUT2D eigenvalue weighted by molar-refractivity contribution is 5.89. The maximum absolute atomic E-state index is 10.9. The van der Waals surface area contributed by atoms with E-state index in [1.807, 2.05) is 0 Å². The zero-order valence-electron chi connectivity index (χ0n) is 8.07. The summed E-state index contributed by atoms with van der Waals surface area (Å²) in [5, 5.41) is 3.88. The van der Waals surface area contributed by atoms with Crippen molar-refractivity contribution in [2.24, 2.45) is 7.05 Å². The summed E-state index contributed by atoms with van der Waals surface area (Å²) in [5.41, 5.74) is 6.14. The topological polar surface area (TPSA) is 70.1 Å². The van der Waals surface area contributed by atoms with E-state index in [9.17, 15) is 4.79 Å². The Bertz CT molecular complexity index is 398. The predicted octanol–water partition coefficient (Wildman–Crippen LogP) is -0.0831. The number of aromatic nitrogens is 2. The minimum atomic E-state index is -0.559. The average molecular weight is 193 g/mol. The van der Waals surface area contributed by atoms with Gasteiger partial charge in [0.05, 0.1) is 18.4 Å². The molecule has 1 aromatic heterocycles. The third-order valence-corrected chi connectivity index (χ3v) is 1.56. The van der Waals surface area contributed by atoms with E-state index < -0.39 is 5.97 Å². The lowest BCUT2D eigenvalue weighted by Crippen LogP contribution is -2.00. The van der Waals surface area contributed by atoms with Gasteiger partial charge in [-0.05, 0) is 12.8 Å². The fraction of sp³-hybridized carbons (Fsp3) is 0.333. The summed E-state index contributed by atoms with van der Waals surface area (Å²) in [6, 6.07) is 0. The minimum absolute atomic E-state index is 0.316. The number of ether oxygens (including phenoxy) is 1. The van der Waals surface area contributed by atoms with Crippen molar-refractivity contribution < 1.29 is 9.53 Å². The summed E-state index contributed by atoms with van der Waals surface area (Å²) < 4.78 is 6.11. The van der Waals surface area contributed by atoms with Crippen molar-refractivity contribution in [2.75, 3.05) is 12.3 Å². The molecule has 1 aromatic rings. The van der Waals surface area contributed by atoms with Gasteiger partial charge in [0.2, 0.25) is 0 Å². The smallest absolute Gasteiger partial charge is 0.384 e. The molecule has 0 aromatic carbocycles. The van der Waals surface area contributed by atoms with Crippen LogP contribution < -0.4 is 5.73 Å². The molecule has 0 saturated heterocycles. The molecule has 2 N–H and O–H groups in total. The summed E-state index contributed by atoms with van der Waals surface area (Å²) in [6.45, 7) is 2.04. The molecule has 0 unspecified atom stereocenters. The van der Waals surface area contributed by atoms with Crippen molar-refractivity contribution in [3.63, 3.8) is 0 Å². The lowest BCUT2D eigenvalue weighted by atomic mass is 10.3. The number of rotatable bonds is 1. The maximum Gasteiger partial charge on any atom is 0.384 e. The number of nitrogens with zero attached hydrogens (tertiary/aromatic N) is 2. The second-order valence-corrected chi connectivity index (χ2v) is 2.54. The van der Waals surface area contributed by atoms with E-state index in [0.717, 1.165) is 0 Å². The van der Waals surface area contributed by atoms with Gasteiger partial charge >= 0.3 is 5.97 Å². The van der Waals surface area contributed by atoms with Crippen LogP contribution in [0.15, 0.2) is 6.20 Å². The highest BCUT2D eigenvalue weighted by Crippen LogP contribution is 2.06. The molecule has 0 fully saturated rings. The van der Waals surface area contributed by atoms with Gasteiger partial charge in [0.15, 0.2) is 0 Å². The summed E-state index contributed by atoms with van der Waals surface area (Å²) in [5.74, 6) is 4.77. The van der Waals surface area contributed by atoms with E-state index >= 15 is 0 Å². The Kier molecular flexibility index (Phi) is 3.13. The number of hydrogen-bond acceptors (Lipinski definition) is 4. The van der Waals surface area contributed by atoms with Gasteiger partial charge in [-0.1, -0.05) is 0 Å². The Morgan fingerprint density at radius 2 is 2.50 bits per heavy atom. The lowest BCUT2D eigenvalue weighted by molar-refractivity contribution is -0.136. The molecule has 0 aliphatic carbocycles. The molecule has 5 nitrogen and oxygen atoms in total. The van der Waals surface area contributed by atoms with E-state index in [2.05, 4.69) is 21.7 Å². The van der Waals surface area contributed by atoms with Crippen molar-refractivity contribution in [3.05, 3.63) is 11.8 Å². The van der Waals surface area contributed by atoms with E-state index in [1.54, 1.807) is 14.0 Å². The molecule has 74 valence electrons. The molecular formula is C9H11N3O2. The van der Waals surface area contributed by atoms with Gasteiger partial charge in [-0.2, -0.15) is 5.10 Å². The standard InChI is InChI=1S/C9H11N3O2/c1-3-14-8(13)5-4-7-6-11-12(2)9(7)10/h6H,3,10H2,1-2H3. The molecule has 0 spiro atoms. The first kappa shape index (κ1) is 10.1. The quantitative estimate of drug-likeness (QED) is 0.500. The molecule has 5 heteroatoms. The van der Waals surface area contributed by atoms with Crippen LogP contribution in [0, 0.1) is 11.8 Å². The van der Waals surface area contributed by atoms with Gasteiger partial charge in [0.1, 0.15) is 5.82 Å². The van der Waals surface area contributed by atoms with Crippen LogP contribution in [0.25, 0.3) is 0 Å². The third-order valence-electron chi connectivity index (χ3n) is 1.56. The van der Waals surface area contributed by atoms with Crippen molar-refractivity contribution in [2.45, 2.75) is 6.92 Å². The number of esters is 1. The van der Waals surface area contributed by atoms with Crippen LogP contribution in [0.4, 0.5) is 5.82 Å². The van der Waals surface area contributed by atoms with Gasteiger partial charge in [-0.15, -0.1) is 0 Å². The van der Waals surface area contributed by atoms with Crippen LogP contribution in [0.2, 0.25) is 0 Å². The number of carbonyl (C=O) groups excluding carboxylic acids is 1. The van der Waals surface area contributed by atoms with Crippen LogP contribution in [0.5, 0.6) is 0 Å². The number of anilines is 1. The lowest BCUT2D eigenvalue weighted by Gasteiger charge is -1.92. The monoisotopic (exact) mass is 193 g/mol. The zero-order valence-corrected chi connectivity index (χ0v) is 8.07. The number of nitrogen functional groups attached to an aromatic ring is 1. The van der Waals surface area contributed by atoms with Crippen LogP contribution in [-0.4, -0.2) is 22.4 Å². The van der Waals surface area contributed by atoms with E-state index in [1.165, 1.54) is 10.9 Å². The van der Waals surface area contributed by atoms with E-state index in [0.29, 0.717) is 18.0 Å². The Labute approximate surface area is 81.8 Å². The van der Waals surface area contributed by atoms with Crippen molar-refractivity contribution >= 4 is 11.8 Å². The van der Waals surface area contributed by atoms with Crippen molar-refractivity contribution in [1.29, 1.82) is 0 Å². The van der Waals surface area contributed by atoms with E-state index in [-0.39, 0.29) is 0 Å². The first-order chi connectivity index (χ1) is 6.65. The van der Waals surface area contributed by atoms with E-state index in [4.69, 9.17) is 5.73 Å². The van der Waals surface area contributed by atoms with Crippen molar-refractivity contribution in [1.82, 2.24) is 9.78 Å². The molecule has 0 radical (unpaired) electrons. The molecule has 0 aliphatic heterocycles. The SMILES string of the molecule is CCOC(=O)C#Cc1cnn(C)c1N. The summed E-state index contributed by atoms with van der Waals surface area (Å²) in [6.07, 6.45) is 1.50. The summed E-state index contributed by atoms with van der Waals surface area (Å²) in [7, 11) is 1.70. The zero-order chi connectivity index (χ0) is 10.6. The second kappa shape index (κ2) is 4.33. The van der Waals surface area contributed by atoms with Gasteiger partial charge in [0, 0.05) is 13.0 Å². The first-order valence-electron chi connectivity index (χ1n) is 4.11. The van der Waals surface area contributed by atoms with Crippen LogP contribution >= 0.6 is 0 Å². The molecule has 0 aliphatic rings. The number of hydrogen-bond donors (Lipinski definition) is 1. The normalized spacial score (nSPS) is 9.00. The van der Waals surface area contributed by atoms with Crippen LogP contribution in [0.3, 0.4) is 0 Å². The van der Waals surface area contributed by atoms with Crippen LogP contribution in [0.1, 0.15) is 12.5 Å². The molecule has 0 amide bonds. The van der Waals surface area contributed by atoms with Crippen LogP contribution in [-0.2, 0) is 16.6 Å². The molecule has 14 heavy (non-hydrogen) atoms. The Hall–Kier alpha value is -1.96. The Morgan fingerprint density at radius 3 is 3.00 bits per heavy atom. The highest BCUT2D eigenvalue weighted by atomic mass is 16.5. The molecule has 1 heterocycles. The first-order valence-corrected chi connectivity index (χ1v) is 4.11. The Morgan fingerprint density at radius 1 is 1.79 bits per heavy atom. The van der Waals surface area contributed by atoms with Crippen molar-refractivity contribution in [3.8, 4) is 11.8 Å².